The summed E-state index contributed by atoms with van der Waals surface area (Å²) in [7, 11) is 0. The van der Waals surface area contributed by atoms with Gasteiger partial charge in [0.1, 0.15) is 6.54 Å². The summed E-state index contributed by atoms with van der Waals surface area (Å²) in [5.41, 5.74) is 0.588. The molecule has 6 nitrogen and oxygen atoms in total. The molecule has 0 radical (unpaired) electrons. The zero-order valence-electron chi connectivity index (χ0n) is 13.3. The lowest BCUT2D eigenvalue weighted by molar-refractivity contribution is -0.116. The van der Waals surface area contributed by atoms with Crippen LogP contribution in [0.5, 0.6) is 0 Å². The molecule has 0 spiro atoms. The molecule has 0 bridgehead atoms. The Morgan fingerprint density at radius 2 is 1.83 bits per heavy atom. The number of rotatable bonds is 5. The van der Waals surface area contributed by atoms with E-state index in [4.69, 9.17) is 16.3 Å². The Morgan fingerprint density at radius 1 is 1.17 bits per heavy atom. The van der Waals surface area contributed by atoms with Crippen LogP contribution >= 0.6 is 11.6 Å². The van der Waals surface area contributed by atoms with Crippen molar-refractivity contribution in [3.05, 3.63) is 63.5 Å². The second kappa shape index (κ2) is 7.79. The van der Waals surface area contributed by atoms with Crippen LogP contribution in [0.25, 0.3) is 0 Å². The van der Waals surface area contributed by atoms with E-state index >= 15 is 0 Å². The summed E-state index contributed by atoms with van der Waals surface area (Å²) >= 11 is 5.81. The van der Waals surface area contributed by atoms with Crippen molar-refractivity contribution in [2.75, 3.05) is 5.32 Å². The first-order valence-corrected chi connectivity index (χ1v) is 7.70. The summed E-state index contributed by atoms with van der Waals surface area (Å²) in [6.45, 7) is 3.38. The standard InChI is InChI=1S/C17H17ClN2O4/c1-11(2)24-17(23)12-3-6-14(7-4-12)19-15(21)10-20-9-13(18)5-8-16(20)22/h3-9,11H,10H2,1-2H3,(H,19,21). The molecule has 0 unspecified atom stereocenters. The maximum Gasteiger partial charge on any atom is 0.338 e. The molecular formula is C17H17ClN2O4. The van der Waals surface area contributed by atoms with Gasteiger partial charge in [-0.3, -0.25) is 9.59 Å². The molecule has 2 rings (SSSR count). The van der Waals surface area contributed by atoms with E-state index in [1.807, 2.05) is 0 Å². The van der Waals surface area contributed by atoms with Gasteiger partial charge in [0.05, 0.1) is 16.7 Å². The quantitative estimate of drug-likeness (QED) is 0.843. The van der Waals surface area contributed by atoms with Gasteiger partial charge in [-0.25, -0.2) is 4.79 Å². The number of carbonyl (C=O) groups excluding carboxylic acids is 2. The van der Waals surface area contributed by atoms with Gasteiger partial charge in [0.15, 0.2) is 0 Å². The van der Waals surface area contributed by atoms with Gasteiger partial charge in [-0.1, -0.05) is 11.6 Å². The van der Waals surface area contributed by atoms with Gasteiger partial charge < -0.3 is 14.6 Å². The average molecular weight is 349 g/mol. The third kappa shape index (κ3) is 4.96. The zero-order valence-corrected chi connectivity index (χ0v) is 14.0. The molecule has 1 aromatic heterocycles. The number of ether oxygens (including phenoxy) is 1. The van der Waals surface area contributed by atoms with Crippen molar-refractivity contribution in [3.8, 4) is 0 Å². The molecule has 24 heavy (non-hydrogen) atoms. The highest BCUT2D eigenvalue weighted by atomic mass is 35.5. The van der Waals surface area contributed by atoms with Crippen LogP contribution in [0.15, 0.2) is 47.4 Å². The summed E-state index contributed by atoms with van der Waals surface area (Å²) in [6.07, 6.45) is 1.20. The van der Waals surface area contributed by atoms with Gasteiger partial charge >= 0.3 is 5.97 Å². The van der Waals surface area contributed by atoms with E-state index in [1.165, 1.54) is 22.9 Å². The van der Waals surface area contributed by atoms with Crippen LogP contribution in [-0.4, -0.2) is 22.5 Å². The summed E-state index contributed by atoms with van der Waals surface area (Å²) in [6, 6.07) is 9.07. The van der Waals surface area contributed by atoms with E-state index in [-0.39, 0.29) is 24.1 Å². The molecule has 7 heteroatoms. The zero-order chi connectivity index (χ0) is 17.7. The second-order valence-corrected chi connectivity index (χ2v) is 5.83. The Morgan fingerprint density at radius 3 is 2.46 bits per heavy atom. The number of benzene rings is 1. The first-order valence-electron chi connectivity index (χ1n) is 7.32. The van der Waals surface area contributed by atoms with Crippen molar-refractivity contribution >= 4 is 29.2 Å². The molecular weight excluding hydrogens is 332 g/mol. The number of pyridine rings is 1. The lowest BCUT2D eigenvalue weighted by Crippen LogP contribution is -2.26. The van der Waals surface area contributed by atoms with Gasteiger partial charge in [-0.05, 0) is 44.2 Å². The van der Waals surface area contributed by atoms with E-state index in [2.05, 4.69) is 5.32 Å². The van der Waals surface area contributed by atoms with Gasteiger partial charge in [0, 0.05) is 18.0 Å². The van der Waals surface area contributed by atoms with E-state index in [0.717, 1.165) is 0 Å². The van der Waals surface area contributed by atoms with Crippen LogP contribution in [0.2, 0.25) is 5.02 Å². The molecule has 1 heterocycles. The van der Waals surface area contributed by atoms with Gasteiger partial charge in [0.2, 0.25) is 5.91 Å². The van der Waals surface area contributed by atoms with Crippen molar-refractivity contribution in [2.24, 2.45) is 0 Å². The molecule has 0 atom stereocenters. The molecule has 126 valence electrons. The predicted molar refractivity (Wildman–Crippen MR) is 91.3 cm³/mol. The van der Waals surface area contributed by atoms with E-state index in [9.17, 15) is 14.4 Å². The molecule has 1 N–H and O–H groups in total. The molecule has 0 saturated carbocycles. The maximum absolute atomic E-state index is 12.0. The summed E-state index contributed by atoms with van der Waals surface area (Å²) in [4.78, 5) is 35.4. The normalized spacial score (nSPS) is 10.5. The monoisotopic (exact) mass is 348 g/mol. The highest BCUT2D eigenvalue weighted by molar-refractivity contribution is 6.30. The minimum absolute atomic E-state index is 0.156. The molecule has 0 aliphatic heterocycles. The Balaban J connectivity index is 2.00. The minimum atomic E-state index is -0.423. The Bertz CT molecular complexity index is 797. The lowest BCUT2D eigenvalue weighted by atomic mass is 10.2. The number of nitrogens with one attached hydrogen (secondary N) is 1. The van der Waals surface area contributed by atoms with Gasteiger partial charge in [-0.2, -0.15) is 0 Å². The van der Waals surface area contributed by atoms with Crippen LogP contribution in [0, 0.1) is 0 Å². The number of nitrogens with zero attached hydrogens (tertiary/aromatic N) is 1. The first-order chi connectivity index (χ1) is 11.3. The third-order valence-electron chi connectivity index (χ3n) is 3.01. The Kier molecular flexibility index (Phi) is 5.76. The summed E-state index contributed by atoms with van der Waals surface area (Å²) < 4.78 is 6.30. The molecule has 0 aliphatic carbocycles. The summed E-state index contributed by atoms with van der Waals surface area (Å²) in [5.74, 6) is -0.801. The minimum Gasteiger partial charge on any atom is -0.459 e. The number of amides is 1. The fraction of sp³-hybridized carbons (Fsp3) is 0.235. The van der Waals surface area contributed by atoms with Crippen LogP contribution in [0.1, 0.15) is 24.2 Å². The number of esters is 1. The smallest absolute Gasteiger partial charge is 0.338 e. The fourth-order valence-electron chi connectivity index (χ4n) is 1.95. The third-order valence-corrected chi connectivity index (χ3v) is 3.23. The average Bonchev–Trinajstić information content (AvgIpc) is 2.51. The molecule has 1 amide bonds. The largest absolute Gasteiger partial charge is 0.459 e. The SMILES string of the molecule is CC(C)OC(=O)c1ccc(NC(=O)Cn2cc(Cl)ccc2=O)cc1. The number of halogens is 1. The van der Waals surface area contributed by atoms with Crippen molar-refractivity contribution in [1.29, 1.82) is 0 Å². The molecule has 2 aromatic rings. The number of carbonyl (C=O) groups is 2. The number of hydrogen-bond donors (Lipinski definition) is 1. The van der Waals surface area contributed by atoms with Crippen LogP contribution in [0.4, 0.5) is 5.69 Å². The van der Waals surface area contributed by atoms with E-state index in [0.29, 0.717) is 16.3 Å². The van der Waals surface area contributed by atoms with Crippen LogP contribution in [-0.2, 0) is 16.1 Å². The lowest BCUT2D eigenvalue weighted by Gasteiger charge is -2.10. The number of aromatic nitrogens is 1. The van der Waals surface area contributed by atoms with Crippen molar-refractivity contribution < 1.29 is 14.3 Å². The Hall–Kier alpha value is -2.60. The first kappa shape index (κ1) is 17.7. The Labute approximate surface area is 144 Å². The van der Waals surface area contributed by atoms with E-state index in [1.54, 1.807) is 38.1 Å². The van der Waals surface area contributed by atoms with Crippen LogP contribution < -0.4 is 10.9 Å². The second-order valence-electron chi connectivity index (χ2n) is 5.39. The number of anilines is 1. The van der Waals surface area contributed by atoms with Crippen molar-refractivity contribution in [1.82, 2.24) is 4.57 Å². The highest BCUT2D eigenvalue weighted by Gasteiger charge is 2.10. The van der Waals surface area contributed by atoms with E-state index < -0.39 is 5.97 Å². The molecule has 0 aliphatic rings. The topological polar surface area (TPSA) is 77.4 Å². The van der Waals surface area contributed by atoms with Gasteiger partial charge in [-0.15, -0.1) is 0 Å². The highest BCUT2D eigenvalue weighted by Crippen LogP contribution is 2.11. The van der Waals surface area contributed by atoms with Crippen LogP contribution in [0.3, 0.4) is 0 Å². The fourth-order valence-corrected chi connectivity index (χ4v) is 2.13. The van der Waals surface area contributed by atoms with Crippen molar-refractivity contribution in [3.63, 3.8) is 0 Å². The molecule has 0 fully saturated rings. The summed E-state index contributed by atoms with van der Waals surface area (Å²) in [5, 5.41) is 3.02. The molecule has 1 aromatic carbocycles. The van der Waals surface area contributed by atoms with Gasteiger partial charge in [0.25, 0.3) is 5.56 Å². The predicted octanol–water partition coefficient (Wildman–Crippen LogP) is 2.71. The molecule has 0 saturated heterocycles. The maximum atomic E-state index is 12.0. The number of hydrogen-bond acceptors (Lipinski definition) is 4. The van der Waals surface area contributed by atoms with Crippen molar-refractivity contribution in [2.45, 2.75) is 26.5 Å².